The summed E-state index contributed by atoms with van der Waals surface area (Å²) >= 11 is 8.15. The molecule has 2 aliphatic rings. The standard InChI is InChI=1S/C31H39ClO11S/c1-31(2)27(38)16(7-4-6-10-21(33)34)17(28(31)39)13-11-15(12-14-20-22(32)18-8-3-5-9-19(18)44-20)42-30-25(37)23(35)24(36)26(43-30)29(40)41/h3,5,8-9,11,13,15-17,23-26,28,30,35-37,39H,4,6-7,10,12,14H2,1-2H3,(H,33,34)(H,40,41)/b13-11+/t15?,16-,17-,23+,24+,25-,26+,28+,30?/m1/s1. The van der Waals surface area contributed by atoms with Gasteiger partial charge in [0.25, 0.3) is 0 Å². The number of aliphatic hydroxyl groups excluding tert-OH is 4. The SMILES string of the molecule is CC1(C)C(=O)[C@H](CCCCC(=O)O)[C@@H](/C=C/C(CCc2sc3ccccc3c2Cl)OC2O[C@H](C(=O)O)[C@@H](O)[C@H](O)[C@H]2O)[C@@H]1O. The summed E-state index contributed by atoms with van der Waals surface area (Å²) in [4.78, 5) is 36.7. The smallest absolute Gasteiger partial charge is 0.335 e. The summed E-state index contributed by atoms with van der Waals surface area (Å²) in [6.07, 6.45) is -5.59. The van der Waals surface area contributed by atoms with E-state index < -0.39 is 72.1 Å². The van der Waals surface area contributed by atoms with Crippen LogP contribution in [0.4, 0.5) is 0 Å². The van der Waals surface area contributed by atoms with E-state index in [1.807, 2.05) is 24.3 Å². The van der Waals surface area contributed by atoms with Crippen molar-refractivity contribution in [2.24, 2.45) is 17.3 Å². The van der Waals surface area contributed by atoms with Crippen LogP contribution in [-0.4, -0.2) is 91.3 Å². The minimum atomic E-state index is -1.88. The lowest BCUT2D eigenvalue weighted by Crippen LogP contribution is -2.60. The van der Waals surface area contributed by atoms with Crippen LogP contribution >= 0.6 is 22.9 Å². The summed E-state index contributed by atoms with van der Waals surface area (Å²) in [7, 11) is 0. The number of rotatable bonds is 13. The predicted molar refractivity (Wildman–Crippen MR) is 161 cm³/mol. The third-order valence-corrected chi connectivity index (χ3v) is 10.4. The van der Waals surface area contributed by atoms with E-state index in [4.69, 9.17) is 26.2 Å². The zero-order valence-corrected chi connectivity index (χ0v) is 26.0. The van der Waals surface area contributed by atoms with Gasteiger partial charge in [0.1, 0.15) is 24.1 Å². The number of ether oxygens (including phenoxy) is 2. The predicted octanol–water partition coefficient (Wildman–Crippen LogP) is 3.17. The number of halogens is 1. The number of thiophene rings is 1. The van der Waals surface area contributed by atoms with Gasteiger partial charge in [0.2, 0.25) is 0 Å². The molecule has 1 aliphatic carbocycles. The van der Waals surface area contributed by atoms with E-state index >= 15 is 0 Å². The number of benzene rings is 1. The molecule has 44 heavy (non-hydrogen) atoms. The fraction of sp³-hybridized carbons (Fsp3) is 0.581. The molecule has 6 N–H and O–H groups in total. The summed E-state index contributed by atoms with van der Waals surface area (Å²) in [5, 5.41) is 62.1. The first kappa shape index (κ1) is 34.5. The molecule has 2 aromatic rings. The molecule has 2 heterocycles. The van der Waals surface area contributed by atoms with Crippen molar-refractivity contribution in [1.29, 1.82) is 0 Å². The Morgan fingerprint density at radius 1 is 1.09 bits per heavy atom. The second kappa shape index (κ2) is 14.3. The second-order valence-electron chi connectivity index (χ2n) is 12.0. The highest BCUT2D eigenvalue weighted by Crippen LogP contribution is 2.45. The molecule has 1 aromatic heterocycles. The summed E-state index contributed by atoms with van der Waals surface area (Å²) in [5.41, 5.74) is -1.04. The van der Waals surface area contributed by atoms with Crippen molar-refractivity contribution < 1.29 is 54.5 Å². The van der Waals surface area contributed by atoms with Crippen LogP contribution in [0.15, 0.2) is 36.4 Å². The number of aliphatic carboxylic acids is 2. The Morgan fingerprint density at radius 2 is 1.80 bits per heavy atom. The van der Waals surface area contributed by atoms with Crippen molar-refractivity contribution in [2.45, 2.75) is 95.3 Å². The molecule has 242 valence electrons. The number of carbonyl (C=O) groups excluding carboxylic acids is 1. The first-order chi connectivity index (χ1) is 20.7. The highest BCUT2D eigenvalue weighted by Gasteiger charge is 2.53. The maximum atomic E-state index is 13.3. The minimum Gasteiger partial charge on any atom is -0.481 e. The first-order valence-electron chi connectivity index (χ1n) is 14.6. The molecule has 9 atom stereocenters. The number of ketones is 1. The number of unbranched alkanes of at least 4 members (excludes halogenated alkanes) is 1. The Kier molecular flexibility index (Phi) is 11.2. The molecule has 0 spiro atoms. The Bertz CT molecular complexity index is 1370. The molecule has 2 fully saturated rings. The van der Waals surface area contributed by atoms with Gasteiger partial charge in [-0.15, -0.1) is 11.3 Å². The lowest BCUT2D eigenvalue weighted by Gasteiger charge is -2.39. The summed E-state index contributed by atoms with van der Waals surface area (Å²) in [5.74, 6) is -3.77. The number of hydrogen-bond acceptors (Lipinski definition) is 10. The van der Waals surface area contributed by atoms with Crippen LogP contribution in [0.3, 0.4) is 0 Å². The van der Waals surface area contributed by atoms with E-state index in [2.05, 4.69) is 0 Å². The van der Waals surface area contributed by atoms with Gasteiger partial charge < -0.3 is 40.1 Å². The lowest BCUT2D eigenvalue weighted by molar-refractivity contribution is -0.300. The van der Waals surface area contributed by atoms with Crippen molar-refractivity contribution in [3.05, 3.63) is 46.3 Å². The van der Waals surface area contributed by atoms with E-state index in [9.17, 15) is 39.9 Å². The van der Waals surface area contributed by atoms with Crippen molar-refractivity contribution in [1.82, 2.24) is 0 Å². The fourth-order valence-electron chi connectivity index (χ4n) is 6.00. The maximum absolute atomic E-state index is 13.3. The number of aliphatic hydroxyl groups is 4. The quantitative estimate of drug-likeness (QED) is 0.137. The molecule has 4 rings (SSSR count). The number of carboxylic acid groups (broad SMARTS) is 2. The van der Waals surface area contributed by atoms with E-state index in [1.54, 1.807) is 26.0 Å². The lowest BCUT2D eigenvalue weighted by atomic mass is 9.86. The molecule has 1 saturated heterocycles. The number of fused-ring (bicyclic) bond motifs is 1. The van der Waals surface area contributed by atoms with Crippen LogP contribution in [0.2, 0.25) is 5.02 Å². The molecule has 1 aliphatic heterocycles. The van der Waals surface area contributed by atoms with E-state index in [-0.39, 0.29) is 18.6 Å². The van der Waals surface area contributed by atoms with Crippen LogP contribution < -0.4 is 0 Å². The van der Waals surface area contributed by atoms with Crippen LogP contribution in [-0.2, 0) is 30.3 Å². The molecule has 2 unspecified atom stereocenters. The molecule has 0 radical (unpaired) electrons. The molecular weight excluding hydrogens is 616 g/mol. The molecule has 13 heteroatoms. The van der Waals surface area contributed by atoms with Gasteiger partial charge in [-0.2, -0.15) is 0 Å². The number of aryl methyl sites for hydroxylation is 1. The third kappa shape index (κ3) is 7.34. The Labute approximate surface area is 263 Å². The van der Waals surface area contributed by atoms with E-state index in [0.717, 1.165) is 15.0 Å². The van der Waals surface area contributed by atoms with Crippen LogP contribution in [0.25, 0.3) is 10.1 Å². The van der Waals surface area contributed by atoms with Crippen molar-refractivity contribution in [2.75, 3.05) is 0 Å². The van der Waals surface area contributed by atoms with Crippen molar-refractivity contribution >= 4 is 50.7 Å². The second-order valence-corrected chi connectivity index (χ2v) is 13.5. The zero-order valence-electron chi connectivity index (χ0n) is 24.4. The first-order valence-corrected chi connectivity index (χ1v) is 15.8. The number of carboxylic acids is 2. The Balaban J connectivity index is 1.59. The van der Waals surface area contributed by atoms with Gasteiger partial charge >= 0.3 is 11.9 Å². The van der Waals surface area contributed by atoms with Crippen LogP contribution in [0, 0.1) is 17.3 Å². The van der Waals surface area contributed by atoms with Crippen molar-refractivity contribution in [3.8, 4) is 0 Å². The fourth-order valence-corrected chi connectivity index (χ4v) is 7.54. The third-order valence-electron chi connectivity index (χ3n) is 8.62. The van der Waals surface area contributed by atoms with E-state index in [0.29, 0.717) is 30.7 Å². The Hall–Kier alpha value is -2.42. The zero-order chi connectivity index (χ0) is 32.3. The summed E-state index contributed by atoms with van der Waals surface area (Å²) in [6.45, 7) is 3.33. The normalized spacial score (nSPS) is 31.1. The summed E-state index contributed by atoms with van der Waals surface area (Å²) < 4.78 is 12.4. The van der Waals surface area contributed by atoms with Gasteiger partial charge in [-0.3, -0.25) is 9.59 Å². The van der Waals surface area contributed by atoms with Gasteiger partial charge in [-0.05, 0) is 31.7 Å². The summed E-state index contributed by atoms with van der Waals surface area (Å²) in [6, 6.07) is 7.65. The van der Waals surface area contributed by atoms with Gasteiger partial charge in [0.05, 0.1) is 22.6 Å². The molecule has 0 amide bonds. The average Bonchev–Trinajstić information content (AvgIpc) is 3.38. The highest BCUT2D eigenvalue weighted by molar-refractivity contribution is 7.19. The van der Waals surface area contributed by atoms with Gasteiger partial charge in [0, 0.05) is 33.2 Å². The van der Waals surface area contributed by atoms with Gasteiger partial charge in [0.15, 0.2) is 12.4 Å². The highest BCUT2D eigenvalue weighted by atomic mass is 35.5. The molecular formula is C31H39ClO11S. The maximum Gasteiger partial charge on any atom is 0.335 e. The number of hydrogen-bond donors (Lipinski definition) is 6. The molecule has 1 saturated carbocycles. The number of Topliss-reactive ketones (excluding diaryl/α,β-unsaturated/α-hetero) is 1. The molecule has 1 aromatic carbocycles. The monoisotopic (exact) mass is 654 g/mol. The topological polar surface area (TPSA) is 191 Å². The van der Waals surface area contributed by atoms with Gasteiger partial charge in [-0.25, -0.2) is 4.79 Å². The molecule has 11 nitrogen and oxygen atoms in total. The van der Waals surface area contributed by atoms with Crippen LogP contribution in [0.1, 0.15) is 50.8 Å². The van der Waals surface area contributed by atoms with Gasteiger partial charge in [-0.1, -0.05) is 62.2 Å². The number of carbonyl (C=O) groups is 3. The largest absolute Gasteiger partial charge is 0.481 e. The van der Waals surface area contributed by atoms with E-state index in [1.165, 1.54) is 11.3 Å². The minimum absolute atomic E-state index is 0.0227. The molecule has 0 bridgehead atoms. The van der Waals surface area contributed by atoms with Crippen LogP contribution in [0.5, 0.6) is 0 Å². The van der Waals surface area contributed by atoms with Crippen molar-refractivity contribution in [3.63, 3.8) is 0 Å². The Morgan fingerprint density at radius 3 is 2.45 bits per heavy atom. The average molecular weight is 655 g/mol.